The molecule has 1 fully saturated rings. The van der Waals surface area contributed by atoms with E-state index >= 15 is 0 Å². The highest BCUT2D eigenvalue weighted by molar-refractivity contribution is 5.78. The van der Waals surface area contributed by atoms with Crippen LogP contribution in [0.1, 0.15) is 55.8 Å². The largest absolute Gasteiger partial charge is 0.348 e. The topological polar surface area (TPSA) is 32.3 Å². The van der Waals surface area contributed by atoms with Gasteiger partial charge in [-0.05, 0) is 68.2 Å². The molecule has 22 heavy (non-hydrogen) atoms. The molecule has 1 aliphatic carbocycles. The van der Waals surface area contributed by atoms with Crippen molar-refractivity contribution in [2.75, 3.05) is 19.6 Å². The molecule has 0 spiro atoms. The zero-order valence-electron chi connectivity index (χ0n) is 13.9. The summed E-state index contributed by atoms with van der Waals surface area (Å²) in [5.74, 6) is 0.880. The number of hydrogen-bond donors (Lipinski definition) is 1. The number of benzene rings is 1. The van der Waals surface area contributed by atoms with Gasteiger partial charge in [0.15, 0.2) is 0 Å². The first-order valence-corrected chi connectivity index (χ1v) is 8.75. The van der Waals surface area contributed by atoms with E-state index in [0.29, 0.717) is 6.54 Å². The lowest BCUT2D eigenvalue weighted by molar-refractivity contribution is -0.122. The highest BCUT2D eigenvalue weighted by Crippen LogP contribution is 2.24. The van der Waals surface area contributed by atoms with Crippen LogP contribution in [0.2, 0.25) is 0 Å². The van der Waals surface area contributed by atoms with Gasteiger partial charge in [0.2, 0.25) is 5.91 Å². The smallest absolute Gasteiger partial charge is 0.234 e. The molecule has 0 aromatic heterocycles. The number of hydrogen-bond acceptors (Lipinski definition) is 2. The van der Waals surface area contributed by atoms with Crippen molar-refractivity contribution < 1.29 is 4.79 Å². The van der Waals surface area contributed by atoms with Crippen molar-refractivity contribution in [1.82, 2.24) is 10.2 Å². The van der Waals surface area contributed by atoms with Crippen LogP contribution >= 0.6 is 0 Å². The van der Waals surface area contributed by atoms with E-state index in [1.54, 1.807) is 0 Å². The van der Waals surface area contributed by atoms with E-state index in [4.69, 9.17) is 0 Å². The summed E-state index contributed by atoms with van der Waals surface area (Å²) in [5.41, 5.74) is 4.22. The number of fused-ring (bicyclic) bond motifs is 1. The fraction of sp³-hybridized carbons (Fsp3) is 0.632. The summed E-state index contributed by atoms with van der Waals surface area (Å²) in [4.78, 5) is 14.5. The fourth-order valence-electron chi connectivity index (χ4n) is 3.77. The average Bonchev–Trinajstić information content (AvgIpc) is 2.91. The highest BCUT2D eigenvalue weighted by atomic mass is 16.2. The monoisotopic (exact) mass is 300 g/mol. The molecular weight excluding hydrogens is 272 g/mol. The zero-order chi connectivity index (χ0) is 15.5. The van der Waals surface area contributed by atoms with Crippen LogP contribution in [0.4, 0.5) is 0 Å². The van der Waals surface area contributed by atoms with E-state index in [0.717, 1.165) is 19.0 Å². The second kappa shape index (κ2) is 6.82. The molecule has 2 unspecified atom stereocenters. The normalized spacial score (nSPS) is 23.1. The zero-order valence-corrected chi connectivity index (χ0v) is 13.9. The van der Waals surface area contributed by atoms with E-state index in [1.807, 2.05) is 0 Å². The first kappa shape index (κ1) is 15.5. The molecule has 1 N–H and O–H groups in total. The molecule has 3 heteroatoms. The van der Waals surface area contributed by atoms with E-state index < -0.39 is 0 Å². The van der Waals surface area contributed by atoms with Crippen LogP contribution in [0.5, 0.6) is 0 Å². The van der Waals surface area contributed by atoms with Crippen molar-refractivity contribution in [3.8, 4) is 0 Å². The van der Waals surface area contributed by atoms with Gasteiger partial charge in [-0.2, -0.15) is 0 Å². The van der Waals surface area contributed by atoms with Crippen LogP contribution in [0.25, 0.3) is 0 Å². The van der Waals surface area contributed by atoms with Crippen molar-refractivity contribution in [1.29, 1.82) is 0 Å². The molecule has 3 nitrogen and oxygen atoms in total. The minimum absolute atomic E-state index is 0.0970. The third-order valence-corrected chi connectivity index (χ3v) is 5.13. The maximum absolute atomic E-state index is 12.2. The number of aryl methyl sites for hydroxylation is 2. The van der Waals surface area contributed by atoms with Crippen LogP contribution in [0.3, 0.4) is 0 Å². The van der Waals surface area contributed by atoms with E-state index in [1.165, 1.54) is 48.8 Å². The molecule has 0 radical (unpaired) electrons. The summed E-state index contributed by atoms with van der Waals surface area (Å²) >= 11 is 0. The summed E-state index contributed by atoms with van der Waals surface area (Å²) in [7, 11) is 0. The van der Waals surface area contributed by atoms with Gasteiger partial charge in [0.25, 0.3) is 0 Å². The van der Waals surface area contributed by atoms with Gasteiger partial charge < -0.3 is 5.32 Å². The second-order valence-electron chi connectivity index (χ2n) is 7.15. The predicted octanol–water partition coefficient (Wildman–Crippen LogP) is 3.08. The third-order valence-electron chi connectivity index (χ3n) is 5.13. The molecule has 1 aromatic carbocycles. The number of carbonyl (C=O) groups excluding carboxylic acids is 1. The summed E-state index contributed by atoms with van der Waals surface area (Å²) in [6.45, 7) is 7.00. The lowest BCUT2D eigenvalue weighted by atomic mass is 9.89. The Labute approximate surface area is 134 Å². The molecule has 3 rings (SSSR count). The molecule has 2 aliphatic rings. The number of nitrogens with one attached hydrogen (secondary N) is 1. The number of likely N-dealkylation sites (tertiary alicyclic amines) is 1. The van der Waals surface area contributed by atoms with Crippen molar-refractivity contribution in [2.45, 2.75) is 52.0 Å². The standard InChI is InChI=1S/C19H28N2O/c1-14-9-10-21(12-14)13-19(22)20-15(2)17-8-7-16-5-3-4-6-18(16)11-17/h7-8,11,14-15H,3-6,9-10,12-13H2,1-2H3,(H,20,22). The van der Waals surface area contributed by atoms with Crippen LogP contribution in [0, 0.1) is 5.92 Å². The molecule has 2 atom stereocenters. The Kier molecular flexibility index (Phi) is 4.82. The van der Waals surface area contributed by atoms with Gasteiger partial charge in [0.05, 0.1) is 12.6 Å². The first-order valence-electron chi connectivity index (χ1n) is 8.75. The third kappa shape index (κ3) is 3.70. The molecule has 0 saturated carbocycles. The van der Waals surface area contributed by atoms with Gasteiger partial charge >= 0.3 is 0 Å². The number of carbonyl (C=O) groups is 1. The molecule has 1 heterocycles. The predicted molar refractivity (Wildman–Crippen MR) is 89.9 cm³/mol. The van der Waals surface area contributed by atoms with Gasteiger partial charge in [0.1, 0.15) is 0 Å². The molecule has 1 aliphatic heterocycles. The average molecular weight is 300 g/mol. The van der Waals surface area contributed by atoms with Crippen LogP contribution < -0.4 is 5.32 Å². The van der Waals surface area contributed by atoms with Crippen molar-refractivity contribution in [3.63, 3.8) is 0 Å². The van der Waals surface area contributed by atoms with Gasteiger partial charge in [-0.1, -0.05) is 25.1 Å². The number of amides is 1. The SMILES string of the molecule is CC1CCN(CC(=O)NC(C)c2ccc3c(c2)CCCC3)C1. The van der Waals surface area contributed by atoms with E-state index in [-0.39, 0.29) is 11.9 Å². The Morgan fingerprint density at radius 1 is 1.32 bits per heavy atom. The lowest BCUT2D eigenvalue weighted by Gasteiger charge is -2.21. The van der Waals surface area contributed by atoms with Crippen LogP contribution in [-0.2, 0) is 17.6 Å². The maximum atomic E-state index is 12.2. The van der Waals surface area contributed by atoms with E-state index in [2.05, 4.69) is 42.3 Å². The van der Waals surface area contributed by atoms with E-state index in [9.17, 15) is 4.79 Å². The summed E-state index contributed by atoms with van der Waals surface area (Å²) < 4.78 is 0. The fourth-order valence-corrected chi connectivity index (χ4v) is 3.77. The highest BCUT2D eigenvalue weighted by Gasteiger charge is 2.21. The van der Waals surface area contributed by atoms with Crippen LogP contribution in [0.15, 0.2) is 18.2 Å². The second-order valence-corrected chi connectivity index (χ2v) is 7.15. The van der Waals surface area contributed by atoms with Crippen molar-refractivity contribution in [3.05, 3.63) is 34.9 Å². The lowest BCUT2D eigenvalue weighted by Crippen LogP contribution is -2.37. The Hall–Kier alpha value is -1.35. The molecule has 1 saturated heterocycles. The van der Waals surface area contributed by atoms with Gasteiger partial charge in [-0.3, -0.25) is 9.69 Å². The molecule has 0 bridgehead atoms. The molecule has 120 valence electrons. The molecular formula is C19H28N2O. The summed E-state index contributed by atoms with van der Waals surface area (Å²) in [6.07, 6.45) is 6.23. The minimum atomic E-state index is 0.0970. The maximum Gasteiger partial charge on any atom is 0.234 e. The molecule has 1 aromatic rings. The van der Waals surface area contributed by atoms with Gasteiger partial charge in [-0.25, -0.2) is 0 Å². The Bertz CT molecular complexity index is 540. The van der Waals surface area contributed by atoms with Gasteiger partial charge in [0, 0.05) is 6.54 Å². The number of nitrogens with zero attached hydrogens (tertiary/aromatic N) is 1. The Morgan fingerprint density at radius 3 is 2.82 bits per heavy atom. The quantitative estimate of drug-likeness (QED) is 0.927. The van der Waals surface area contributed by atoms with Crippen molar-refractivity contribution in [2.24, 2.45) is 5.92 Å². The Morgan fingerprint density at radius 2 is 2.09 bits per heavy atom. The number of rotatable bonds is 4. The summed E-state index contributed by atoms with van der Waals surface area (Å²) in [5, 5.41) is 3.16. The first-order chi connectivity index (χ1) is 10.6. The summed E-state index contributed by atoms with van der Waals surface area (Å²) in [6, 6.07) is 6.85. The molecule has 1 amide bonds. The Balaban J connectivity index is 1.57. The van der Waals surface area contributed by atoms with Gasteiger partial charge in [-0.15, -0.1) is 0 Å². The van der Waals surface area contributed by atoms with Crippen LogP contribution in [-0.4, -0.2) is 30.4 Å². The van der Waals surface area contributed by atoms with Crippen molar-refractivity contribution >= 4 is 5.91 Å². The minimum Gasteiger partial charge on any atom is -0.348 e.